The van der Waals surface area contributed by atoms with Gasteiger partial charge < -0.3 is 10.1 Å². The monoisotopic (exact) mass is 428 g/mol. The average molecular weight is 428 g/mol. The highest BCUT2D eigenvalue weighted by Gasteiger charge is 2.22. The molecule has 2 aromatic heterocycles. The number of ether oxygens (including phenoxy) is 1. The summed E-state index contributed by atoms with van der Waals surface area (Å²) in [4.78, 5) is 57.7. The third-order valence-corrected chi connectivity index (χ3v) is 4.66. The van der Waals surface area contributed by atoms with Gasteiger partial charge in [-0.2, -0.15) is 4.98 Å². The largest absolute Gasteiger partial charge is 0.460 e. The van der Waals surface area contributed by atoms with Crippen molar-refractivity contribution in [2.24, 2.45) is 0 Å². The fourth-order valence-corrected chi connectivity index (χ4v) is 3.16. The van der Waals surface area contributed by atoms with Crippen LogP contribution >= 0.6 is 0 Å². The van der Waals surface area contributed by atoms with Gasteiger partial charge in [0.25, 0.3) is 11.5 Å². The average Bonchev–Trinajstić information content (AvgIpc) is 2.62. The first-order valence-electron chi connectivity index (χ1n) is 9.90. The number of carbonyl (C=O) groups is 2. The van der Waals surface area contributed by atoms with Crippen LogP contribution in [-0.2, 0) is 20.9 Å². The highest BCUT2D eigenvalue weighted by atomic mass is 16.6. The lowest BCUT2D eigenvalue weighted by Crippen LogP contribution is -2.47. The van der Waals surface area contributed by atoms with Crippen molar-refractivity contribution in [3.63, 3.8) is 0 Å². The summed E-state index contributed by atoms with van der Waals surface area (Å²) in [5, 5.41) is 2.67. The maximum absolute atomic E-state index is 12.6. The van der Waals surface area contributed by atoms with E-state index in [2.05, 4.69) is 20.3 Å². The number of rotatable bonds is 5. The Hall–Kier alpha value is -3.56. The standard InChI is InChI=1S/C21H25N5O5/c1-11-8-13-14(9-12(11)2)26(18-17(23-13)19(29)25-20(30)24-18)10-15(27)22-7-6-16(28)31-21(3,4)5/h8-9H,6-7,10H2,1-5H3,(H2,22,25,27,29,30)/p+1. The van der Waals surface area contributed by atoms with Gasteiger partial charge in [-0.15, -0.1) is 0 Å². The summed E-state index contributed by atoms with van der Waals surface area (Å²) in [6.45, 7) is 9.08. The number of hydrogen-bond acceptors (Lipinski definition) is 6. The third kappa shape index (κ3) is 5.14. The topological polar surface area (TPSA) is 138 Å². The number of fused-ring (bicyclic) bond motifs is 2. The Balaban J connectivity index is 1.93. The number of nitrogens with one attached hydrogen (secondary N) is 3. The molecule has 0 bridgehead atoms. The molecule has 0 aliphatic heterocycles. The van der Waals surface area contributed by atoms with Crippen LogP contribution in [0.2, 0.25) is 0 Å². The van der Waals surface area contributed by atoms with E-state index in [9.17, 15) is 19.2 Å². The van der Waals surface area contributed by atoms with Gasteiger partial charge in [0.1, 0.15) is 11.1 Å². The molecule has 10 heteroatoms. The van der Waals surface area contributed by atoms with E-state index >= 15 is 0 Å². The number of aromatic nitrogens is 4. The van der Waals surface area contributed by atoms with Gasteiger partial charge in [0, 0.05) is 6.54 Å². The molecule has 0 spiro atoms. The lowest BCUT2D eigenvalue weighted by molar-refractivity contribution is -0.634. The highest BCUT2D eigenvalue weighted by Crippen LogP contribution is 2.16. The number of hydrogen-bond donors (Lipinski definition) is 3. The number of aryl methyl sites for hydroxylation is 2. The number of benzene rings is 1. The number of esters is 1. The van der Waals surface area contributed by atoms with Gasteiger partial charge >= 0.3 is 17.3 Å². The molecule has 0 saturated heterocycles. The van der Waals surface area contributed by atoms with Crippen LogP contribution in [0.3, 0.4) is 0 Å². The van der Waals surface area contributed by atoms with Crippen LogP contribution in [0, 0.1) is 13.8 Å². The van der Waals surface area contributed by atoms with E-state index < -0.39 is 22.8 Å². The lowest BCUT2D eigenvalue weighted by Gasteiger charge is -2.19. The van der Waals surface area contributed by atoms with Gasteiger partial charge in [-0.3, -0.25) is 19.4 Å². The molecule has 0 fully saturated rings. The highest BCUT2D eigenvalue weighted by molar-refractivity contribution is 5.82. The Labute approximate surface area is 177 Å². The van der Waals surface area contributed by atoms with Gasteiger partial charge in [0.15, 0.2) is 12.1 Å². The summed E-state index contributed by atoms with van der Waals surface area (Å²) >= 11 is 0. The minimum absolute atomic E-state index is 0.0249. The van der Waals surface area contributed by atoms with E-state index in [1.165, 1.54) is 0 Å². The lowest BCUT2D eigenvalue weighted by atomic mass is 10.1. The van der Waals surface area contributed by atoms with Gasteiger partial charge in [0.05, 0.1) is 6.42 Å². The van der Waals surface area contributed by atoms with Crippen molar-refractivity contribution in [3.05, 3.63) is 44.1 Å². The summed E-state index contributed by atoms with van der Waals surface area (Å²) < 4.78 is 6.77. The molecule has 1 aromatic carbocycles. The van der Waals surface area contributed by atoms with Crippen molar-refractivity contribution in [3.8, 4) is 0 Å². The van der Waals surface area contributed by atoms with E-state index in [-0.39, 0.29) is 36.6 Å². The summed E-state index contributed by atoms with van der Waals surface area (Å²) in [7, 11) is 0. The molecule has 0 saturated carbocycles. The fraction of sp³-hybridized carbons (Fsp3) is 0.429. The number of H-pyrrole nitrogens is 2. The van der Waals surface area contributed by atoms with Crippen molar-refractivity contribution in [2.75, 3.05) is 6.54 Å². The Kier molecular flexibility index (Phi) is 5.92. The summed E-state index contributed by atoms with van der Waals surface area (Å²) in [6.07, 6.45) is 0.0281. The van der Waals surface area contributed by atoms with Crippen molar-refractivity contribution in [1.29, 1.82) is 0 Å². The number of carbonyl (C=O) groups excluding carboxylic acids is 2. The van der Waals surface area contributed by atoms with Crippen LogP contribution < -0.4 is 21.1 Å². The smallest absolute Gasteiger partial charge is 0.413 e. The molecule has 3 N–H and O–H groups in total. The number of amides is 1. The molecule has 10 nitrogen and oxygen atoms in total. The van der Waals surface area contributed by atoms with Crippen LogP contribution in [-0.4, -0.2) is 39.0 Å². The molecule has 0 unspecified atom stereocenters. The minimum Gasteiger partial charge on any atom is -0.460 e. The van der Waals surface area contributed by atoms with E-state index in [0.29, 0.717) is 11.0 Å². The molecular formula is C21H26N5O5+. The Morgan fingerprint density at radius 1 is 1.13 bits per heavy atom. The van der Waals surface area contributed by atoms with Gasteiger partial charge in [0.2, 0.25) is 5.52 Å². The molecule has 31 heavy (non-hydrogen) atoms. The minimum atomic E-state index is -0.693. The number of nitrogens with zero attached hydrogens (tertiary/aromatic N) is 2. The van der Waals surface area contributed by atoms with Crippen LogP contribution in [0.15, 0.2) is 21.7 Å². The van der Waals surface area contributed by atoms with Gasteiger partial charge in [-0.1, -0.05) is 0 Å². The molecule has 1 amide bonds. The van der Waals surface area contributed by atoms with Gasteiger partial charge in [-0.25, -0.2) is 14.3 Å². The molecule has 0 radical (unpaired) electrons. The fourth-order valence-electron chi connectivity index (χ4n) is 3.16. The second kappa shape index (κ2) is 8.29. The summed E-state index contributed by atoms with van der Waals surface area (Å²) in [5.41, 5.74) is 1.31. The van der Waals surface area contributed by atoms with Crippen LogP contribution in [0.25, 0.3) is 22.2 Å². The molecule has 0 aliphatic carbocycles. The molecule has 0 atom stereocenters. The normalized spacial score (nSPS) is 11.6. The zero-order valence-corrected chi connectivity index (χ0v) is 18.2. The van der Waals surface area contributed by atoms with E-state index in [0.717, 1.165) is 11.1 Å². The first-order valence-corrected chi connectivity index (χ1v) is 9.90. The second-order valence-corrected chi connectivity index (χ2v) is 8.41. The molecule has 164 valence electrons. The zero-order valence-electron chi connectivity index (χ0n) is 18.2. The van der Waals surface area contributed by atoms with Crippen LogP contribution in [0.4, 0.5) is 0 Å². The Bertz CT molecular complexity index is 1300. The first-order chi connectivity index (χ1) is 14.4. The van der Waals surface area contributed by atoms with Crippen molar-refractivity contribution in [2.45, 2.75) is 53.2 Å². The Morgan fingerprint density at radius 3 is 2.48 bits per heavy atom. The van der Waals surface area contributed by atoms with Crippen LogP contribution in [0.1, 0.15) is 38.3 Å². The molecule has 2 heterocycles. The molecule has 3 aromatic rings. The summed E-state index contributed by atoms with van der Waals surface area (Å²) in [5.74, 6) is -0.802. The predicted octanol–water partition coefficient (Wildman–Crippen LogP) is 0.517. The SMILES string of the molecule is Cc1cc2nc3c(=O)[nH]c(=O)[nH]c3[n+](CC(=O)NCCC(=O)OC(C)(C)C)c2cc1C. The maximum atomic E-state index is 12.6. The molecular weight excluding hydrogens is 402 g/mol. The van der Waals surface area contributed by atoms with E-state index in [1.54, 1.807) is 25.3 Å². The van der Waals surface area contributed by atoms with Crippen molar-refractivity contribution >= 4 is 34.1 Å². The Morgan fingerprint density at radius 2 is 1.81 bits per heavy atom. The predicted molar refractivity (Wildman–Crippen MR) is 114 cm³/mol. The molecule has 0 aliphatic rings. The first kappa shape index (κ1) is 22.1. The van der Waals surface area contributed by atoms with Crippen LogP contribution in [0.5, 0.6) is 0 Å². The van der Waals surface area contributed by atoms with E-state index in [1.807, 2.05) is 26.0 Å². The number of aromatic amines is 2. The van der Waals surface area contributed by atoms with E-state index in [4.69, 9.17) is 4.74 Å². The van der Waals surface area contributed by atoms with Gasteiger partial charge in [-0.05, 0) is 57.9 Å². The summed E-state index contributed by atoms with van der Waals surface area (Å²) in [6, 6.07) is 3.68. The van der Waals surface area contributed by atoms with Crippen molar-refractivity contribution in [1.82, 2.24) is 20.3 Å². The van der Waals surface area contributed by atoms with Crippen molar-refractivity contribution < 1.29 is 18.9 Å². The second-order valence-electron chi connectivity index (χ2n) is 8.41. The zero-order chi connectivity index (χ0) is 22.9. The molecule has 3 rings (SSSR count). The third-order valence-electron chi connectivity index (χ3n) is 4.66. The quantitative estimate of drug-likeness (QED) is 0.308. The maximum Gasteiger partial charge on any atom is 0.413 e.